The highest BCUT2D eigenvalue weighted by atomic mass is 16.6. The van der Waals surface area contributed by atoms with Crippen molar-refractivity contribution in [2.75, 3.05) is 0 Å². The first-order chi connectivity index (χ1) is 15.8. The maximum absolute atomic E-state index is 13.7. The maximum atomic E-state index is 13.7. The molecule has 3 aromatic carbocycles. The smallest absolute Gasteiger partial charge is 0.291 e. The Morgan fingerprint density at radius 1 is 0.970 bits per heavy atom. The van der Waals surface area contributed by atoms with Crippen molar-refractivity contribution in [2.24, 2.45) is 0 Å². The quantitative estimate of drug-likeness (QED) is 0.326. The second-order valence-electron chi connectivity index (χ2n) is 8.28. The summed E-state index contributed by atoms with van der Waals surface area (Å²) in [7, 11) is 0. The number of hydrogen-bond acceptors (Lipinski definition) is 5. The first kappa shape index (κ1) is 20.6. The Hall–Kier alpha value is -4.26. The molecule has 0 bridgehead atoms. The Kier molecular flexibility index (Phi) is 4.82. The molecule has 0 radical (unpaired) electrons. The van der Waals surface area contributed by atoms with Crippen LogP contribution >= 0.6 is 0 Å². The van der Waals surface area contributed by atoms with Gasteiger partial charge in [-0.3, -0.25) is 19.7 Å². The zero-order valence-electron chi connectivity index (χ0n) is 18.1. The molecule has 5 rings (SSSR count). The summed E-state index contributed by atoms with van der Waals surface area (Å²) in [4.78, 5) is 39.6. The fourth-order valence-electron chi connectivity index (χ4n) is 4.37. The molecule has 1 aliphatic rings. The van der Waals surface area contributed by atoms with Crippen molar-refractivity contribution in [1.29, 1.82) is 0 Å². The number of nitrogens with zero attached hydrogens (tertiary/aromatic N) is 2. The van der Waals surface area contributed by atoms with Crippen molar-refractivity contribution in [3.8, 4) is 0 Å². The van der Waals surface area contributed by atoms with E-state index in [2.05, 4.69) is 0 Å². The Bertz CT molecular complexity index is 1490. The molecule has 1 amide bonds. The van der Waals surface area contributed by atoms with Gasteiger partial charge in [0.05, 0.1) is 21.9 Å². The fourth-order valence-corrected chi connectivity index (χ4v) is 4.37. The van der Waals surface area contributed by atoms with Crippen molar-refractivity contribution < 1.29 is 14.1 Å². The third-order valence-electron chi connectivity index (χ3n) is 6.17. The van der Waals surface area contributed by atoms with Crippen LogP contribution in [-0.4, -0.2) is 15.7 Å². The van der Waals surface area contributed by atoms with Crippen LogP contribution in [0, 0.1) is 24.0 Å². The topological polar surface area (TPSA) is 93.7 Å². The van der Waals surface area contributed by atoms with Crippen LogP contribution in [0.25, 0.3) is 11.0 Å². The number of amides is 1. The van der Waals surface area contributed by atoms with Gasteiger partial charge in [-0.05, 0) is 48.2 Å². The molecule has 2 heterocycles. The van der Waals surface area contributed by atoms with E-state index in [1.54, 1.807) is 29.2 Å². The SMILES string of the molecule is Cc1cc2oc3c(c(=O)c2cc1C)[C@H](c1cccc([N+](=O)[O-])c1)N(Cc1ccccc1)C3=O. The number of hydrogen-bond donors (Lipinski definition) is 0. The van der Waals surface area contributed by atoms with Crippen molar-refractivity contribution in [2.45, 2.75) is 26.4 Å². The number of fused-ring (bicyclic) bond motifs is 2. The first-order valence-corrected chi connectivity index (χ1v) is 10.5. The molecule has 0 unspecified atom stereocenters. The van der Waals surface area contributed by atoms with Gasteiger partial charge in [0.25, 0.3) is 11.6 Å². The number of carbonyl (C=O) groups is 1. The fraction of sp³-hybridized carbons (Fsp3) is 0.154. The van der Waals surface area contributed by atoms with Crippen LogP contribution in [0.2, 0.25) is 0 Å². The molecule has 7 heteroatoms. The van der Waals surface area contributed by atoms with Gasteiger partial charge in [-0.1, -0.05) is 42.5 Å². The average molecular weight is 440 g/mol. The Labute approximate surface area is 189 Å². The van der Waals surface area contributed by atoms with Crippen molar-refractivity contribution in [1.82, 2.24) is 4.90 Å². The van der Waals surface area contributed by atoms with E-state index in [-0.39, 0.29) is 29.0 Å². The van der Waals surface area contributed by atoms with Crippen molar-refractivity contribution in [3.05, 3.63) is 121 Å². The molecule has 0 saturated heterocycles. The molecule has 164 valence electrons. The molecule has 33 heavy (non-hydrogen) atoms. The maximum Gasteiger partial charge on any atom is 0.291 e. The molecule has 1 aromatic heterocycles. The van der Waals surface area contributed by atoms with Gasteiger partial charge in [0.2, 0.25) is 5.76 Å². The predicted molar refractivity (Wildman–Crippen MR) is 123 cm³/mol. The minimum Gasteiger partial charge on any atom is -0.450 e. The molecule has 1 atom stereocenters. The number of nitro benzene ring substituents is 1. The van der Waals surface area contributed by atoms with Gasteiger partial charge in [0.1, 0.15) is 5.58 Å². The molecule has 1 aliphatic heterocycles. The van der Waals surface area contributed by atoms with Crippen molar-refractivity contribution in [3.63, 3.8) is 0 Å². The minimum atomic E-state index is -0.796. The van der Waals surface area contributed by atoms with E-state index >= 15 is 0 Å². The lowest BCUT2D eigenvalue weighted by Gasteiger charge is -2.25. The van der Waals surface area contributed by atoms with Gasteiger partial charge < -0.3 is 9.32 Å². The predicted octanol–water partition coefficient (Wildman–Crippen LogP) is 5.06. The summed E-state index contributed by atoms with van der Waals surface area (Å²) in [5, 5.41) is 11.8. The lowest BCUT2D eigenvalue weighted by Crippen LogP contribution is -2.29. The normalized spacial score (nSPS) is 15.2. The van der Waals surface area contributed by atoms with Crippen LogP contribution in [0.4, 0.5) is 5.69 Å². The van der Waals surface area contributed by atoms with E-state index in [1.165, 1.54) is 12.1 Å². The summed E-state index contributed by atoms with van der Waals surface area (Å²) < 4.78 is 6.01. The minimum absolute atomic E-state index is 0.0109. The zero-order chi connectivity index (χ0) is 23.3. The highest BCUT2D eigenvalue weighted by Gasteiger charge is 2.43. The van der Waals surface area contributed by atoms with Crippen LogP contribution in [0.5, 0.6) is 0 Å². The number of benzene rings is 3. The molecule has 0 aliphatic carbocycles. The third-order valence-corrected chi connectivity index (χ3v) is 6.17. The highest BCUT2D eigenvalue weighted by Crippen LogP contribution is 2.40. The van der Waals surface area contributed by atoms with Gasteiger partial charge in [0, 0.05) is 18.7 Å². The summed E-state index contributed by atoms with van der Waals surface area (Å²) in [5.41, 5.74) is 3.42. The molecule has 0 spiro atoms. The van der Waals surface area contributed by atoms with Gasteiger partial charge in [0.15, 0.2) is 5.43 Å². The van der Waals surface area contributed by atoms with Crippen LogP contribution in [0.1, 0.15) is 44.4 Å². The monoisotopic (exact) mass is 440 g/mol. The molecule has 4 aromatic rings. The lowest BCUT2D eigenvalue weighted by molar-refractivity contribution is -0.384. The highest BCUT2D eigenvalue weighted by molar-refractivity contribution is 5.99. The number of nitro groups is 1. The van der Waals surface area contributed by atoms with E-state index in [0.717, 1.165) is 16.7 Å². The van der Waals surface area contributed by atoms with Crippen LogP contribution < -0.4 is 5.43 Å². The van der Waals surface area contributed by atoms with Gasteiger partial charge in [-0.2, -0.15) is 0 Å². The van der Waals surface area contributed by atoms with E-state index in [9.17, 15) is 19.7 Å². The first-order valence-electron chi connectivity index (χ1n) is 10.5. The summed E-state index contributed by atoms with van der Waals surface area (Å²) in [6.07, 6.45) is 0. The Morgan fingerprint density at radius 3 is 2.42 bits per heavy atom. The number of rotatable bonds is 4. The summed E-state index contributed by atoms with van der Waals surface area (Å²) in [6, 6.07) is 18.2. The van der Waals surface area contributed by atoms with Crippen molar-refractivity contribution >= 4 is 22.6 Å². The van der Waals surface area contributed by atoms with E-state index in [1.807, 2.05) is 44.2 Å². The molecule has 0 fully saturated rings. The lowest BCUT2D eigenvalue weighted by atomic mass is 9.97. The Morgan fingerprint density at radius 2 is 1.70 bits per heavy atom. The second-order valence-corrected chi connectivity index (χ2v) is 8.28. The summed E-state index contributed by atoms with van der Waals surface area (Å²) in [5.74, 6) is -0.425. The summed E-state index contributed by atoms with van der Waals surface area (Å²) in [6.45, 7) is 4.05. The average Bonchev–Trinajstić information content (AvgIpc) is 3.08. The van der Waals surface area contributed by atoms with E-state index in [4.69, 9.17) is 4.42 Å². The molecule has 7 nitrogen and oxygen atoms in total. The third kappa shape index (κ3) is 3.38. The van der Waals surface area contributed by atoms with Gasteiger partial charge in [-0.15, -0.1) is 0 Å². The molecule has 0 saturated carbocycles. The number of aryl methyl sites for hydroxylation is 2. The molecular weight excluding hydrogens is 420 g/mol. The standard InChI is InChI=1S/C26H20N2O5/c1-15-11-20-21(12-16(15)2)33-25-22(24(20)29)23(18-9-6-10-19(13-18)28(31)32)27(26(25)30)14-17-7-4-3-5-8-17/h3-13,23H,14H2,1-2H3/t23-/m0/s1. The largest absolute Gasteiger partial charge is 0.450 e. The van der Waals surface area contributed by atoms with Gasteiger partial charge in [-0.25, -0.2) is 0 Å². The van der Waals surface area contributed by atoms with E-state index < -0.39 is 16.9 Å². The van der Waals surface area contributed by atoms with E-state index in [0.29, 0.717) is 16.5 Å². The molecule has 0 N–H and O–H groups in total. The van der Waals surface area contributed by atoms with Crippen LogP contribution in [0.15, 0.2) is 75.9 Å². The van der Waals surface area contributed by atoms with Crippen LogP contribution in [0.3, 0.4) is 0 Å². The number of non-ortho nitro benzene ring substituents is 1. The number of carbonyl (C=O) groups excluding carboxylic acids is 1. The van der Waals surface area contributed by atoms with Crippen LogP contribution in [-0.2, 0) is 6.54 Å². The molecular formula is C26H20N2O5. The summed E-state index contributed by atoms with van der Waals surface area (Å²) >= 11 is 0. The zero-order valence-corrected chi connectivity index (χ0v) is 18.1. The van der Waals surface area contributed by atoms with Gasteiger partial charge >= 0.3 is 0 Å². The Balaban J connectivity index is 1.76. The second kappa shape index (κ2) is 7.70.